The number of nitrogens with two attached hydrogens (primary N) is 3. The Morgan fingerprint density at radius 1 is 0.597 bits per heavy atom. The lowest BCUT2D eigenvalue weighted by atomic mass is 10.0. The number of nitrogens with one attached hydrogen (secondary N) is 12. The number of carboxylic acids is 1. The largest absolute Gasteiger partial charge is 0.480 e. The molecular formula is C37H67N15O10. The van der Waals surface area contributed by atoms with Crippen molar-refractivity contribution in [2.45, 2.75) is 141 Å². The molecule has 0 spiro atoms. The van der Waals surface area contributed by atoms with E-state index in [1.54, 1.807) is 13.8 Å². The van der Waals surface area contributed by atoms with Crippen molar-refractivity contribution in [3.8, 4) is 0 Å². The molecule has 0 radical (unpaired) electrons. The van der Waals surface area contributed by atoms with Crippen molar-refractivity contribution in [3.63, 3.8) is 0 Å². The molecule has 8 atom stereocenters. The number of primary amides is 1. The molecule has 0 aromatic heterocycles. The van der Waals surface area contributed by atoms with E-state index in [0.29, 0.717) is 13.0 Å². The minimum absolute atomic E-state index is 0.0272. The van der Waals surface area contributed by atoms with Crippen LogP contribution >= 0.6 is 0 Å². The summed E-state index contributed by atoms with van der Waals surface area (Å²) >= 11 is 0. The highest BCUT2D eigenvalue weighted by atomic mass is 16.4. The molecule has 1 rings (SSSR count). The van der Waals surface area contributed by atoms with Gasteiger partial charge in [-0.25, -0.2) is 4.79 Å². The van der Waals surface area contributed by atoms with Gasteiger partial charge in [-0.1, -0.05) is 13.8 Å². The summed E-state index contributed by atoms with van der Waals surface area (Å²) in [6.45, 7) is 8.62. The topological polar surface area (TPSA) is 420 Å². The molecule has 1 heterocycles. The van der Waals surface area contributed by atoms with Crippen LogP contribution in [0.15, 0.2) is 0 Å². The van der Waals surface area contributed by atoms with Crippen molar-refractivity contribution in [3.05, 3.63) is 0 Å². The van der Waals surface area contributed by atoms with Gasteiger partial charge in [0, 0.05) is 19.5 Å². The molecule has 1 fully saturated rings. The van der Waals surface area contributed by atoms with Gasteiger partial charge in [0.25, 0.3) is 0 Å². The van der Waals surface area contributed by atoms with Crippen LogP contribution in [0.2, 0.25) is 0 Å². The lowest BCUT2D eigenvalue weighted by Crippen LogP contribution is -2.59. The molecular weight excluding hydrogens is 815 g/mol. The van der Waals surface area contributed by atoms with Gasteiger partial charge >= 0.3 is 5.97 Å². The highest BCUT2D eigenvalue weighted by Gasteiger charge is 2.33. The van der Waals surface area contributed by atoms with Crippen LogP contribution in [-0.4, -0.2) is 138 Å². The van der Waals surface area contributed by atoms with Gasteiger partial charge in [0.15, 0.2) is 11.9 Å². The number of guanidine groups is 2. The maximum atomic E-state index is 13.8. The Kier molecular flexibility index (Phi) is 23.9. The number of carbonyl (C=O) groups is 9. The zero-order chi connectivity index (χ0) is 47.1. The number of hydrogen-bond acceptors (Lipinski definition) is 12. The minimum Gasteiger partial charge on any atom is -0.480 e. The standard InChI is InChI=1S/C37H67N15O10/c1-18(2)17-26(34(60)51-25(35(61)62)11-8-16-45-37(41)42)52-32(58)23(10-7-15-44-36(39)40)50-33(59)24(12-13-27(38)53)49-30(56)21(5)47-28(54)19(3)46-29(55)20(4)48-31(57)22-9-6-14-43-22/h18-26,43H,6-17H2,1-5H3,(H2,38,53)(H,46,55)(H,47,54)(H,48,57)(H,49,56)(H,50,59)(H,51,60)(H,52,58)(H,61,62)(H4,39,40,44)(H4,41,42,45)/t19-,20-,21-,22-,23-,24-,25-,26-/m0/s1. The van der Waals surface area contributed by atoms with Crippen LogP contribution in [-0.2, 0) is 43.2 Å². The Morgan fingerprint density at radius 2 is 1.02 bits per heavy atom. The van der Waals surface area contributed by atoms with Crippen LogP contribution in [0, 0.1) is 16.7 Å². The van der Waals surface area contributed by atoms with E-state index < -0.39 is 95.7 Å². The summed E-state index contributed by atoms with van der Waals surface area (Å²) in [4.78, 5) is 116. The summed E-state index contributed by atoms with van der Waals surface area (Å²) in [6.07, 6.45) is 1.10. The molecule has 0 aliphatic carbocycles. The van der Waals surface area contributed by atoms with Crippen LogP contribution < -0.4 is 70.4 Å². The number of rotatable bonds is 28. The summed E-state index contributed by atoms with van der Waals surface area (Å²) in [5.41, 5.74) is 16.0. The molecule has 25 heteroatoms. The van der Waals surface area contributed by atoms with Crippen molar-refractivity contribution in [1.29, 1.82) is 10.8 Å². The van der Waals surface area contributed by atoms with Gasteiger partial charge in [-0.15, -0.1) is 0 Å². The monoisotopic (exact) mass is 882 g/mol. The fourth-order valence-corrected chi connectivity index (χ4v) is 6.05. The zero-order valence-electron chi connectivity index (χ0n) is 36.0. The third kappa shape index (κ3) is 21.3. The van der Waals surface area contributed by atoms with Crippen molar-refractivity contribution in [1.82, 2.24) is 53.2 Å². The van der Waals surface area contributed by atoms with E-state index in [9.17, 15) is 48.3 Å². The van der Waals surface area contributed by atoms with Gasteiger partial charge in [0.2, 0.25) is 47.3 Å². The van der Waals surface area contributed by atoms with Crippen LogP contribution in [0.4, 0.5) is 0 Å². The molecule has 1 aliphatic rings. The van der Waals surface area contributed by atoms with E-state index in [4.69, 9.17) is 28.0 Å². The highest BCUT2D eigenvalue weighted by molar-refractivity contribution is 5.97. The third-order valence-corrected chi connectivity index (χ3v) is 9.50. The number of aliphatic carboxylic acids is 1. The lowest BCUT2D eigenvalue weighted by molar-refractivity contribution is -0.142. The number of carbonyl (C=O) groups excluding carboxylic acids is 8. The van der Waals surface area contributed by atoms with Crippen LogP contribution in [0.5, 0.6) is 0 Å². The first-order valence-electron chi connectivity index (χ1n) is 20.5. The normalized spacial score (nSPS) is 16.6. The predicted octanol–water partition coefficient (Wildman–Crippen LogP) is -4.89. The van der Waals surface area contributed by atoms with Gasteiger partial charge in [-0.3, -0.25) is 49.2 Å². The smallest absolute Gasteiger partial charge is 0.326 e. The van der Waals surface area contributed by atoms with Crippen molar-refractivity contribution in [2.24, 2.45) is 23.1 Å². The number of amides is 8. The second kappa shape index (κ2) is 27.6. The van der Waals surface area contributed by atoms with Gasteiger partial charge < -0.3 is 75.5 Å². The summed E-state index contributed by atoms with van der Waals surface area (Å²) in [7, 11) is 0. The molecule has 0 bridgehead atoms. The molecule has 1 aliphatic heterocycles. The van der Waals surface area contributed by atoms with Gasteiger partial charge in [-0.2, -0.15) is 0 Å². The summed E-state index contributed by atoms with van der Waals surface area (Å²) in [5, 5.41) is 50.0. The number of carboxylic acid groups (broad SMARTS) is 1. The van der Waals surface area contributed by atoms with Crippen LogP contribution in [0.25, 0.3) is 0 Å². The first kappa shape index (κ1) is 53.7. The SMILES string of the molecule is CC(C)C[C@H](NC(=O)[C@H](CCCNC(=N)N)NC(=O)[C@H](CCC(N)=O)NC(=O)[C@H](C)NC(=O)[C@H](C)NC(=O)[C@H](C)NC(=O)[C@@H]1CCCN1)C(=O)N[C@@H](CCCNC(=N)N)C(=O)O. The molecule has 0 unspecified atom stereocenters. The van der Waals surface area contributed by atoms with Crippen LogP contribution in [0.3, 0.4) is 0 Å². The molecule has 1 saturated heterocycles. The van der Waals surface area contributed by atoms with E-state index >= 15 is 0 Å². The van der Waals surface area contributed by atoms with Crippen molar-refractivity contribution < 1.29 is 48.3 Å². The quantitative estimate of drug-likeness (QED) is 0.0199. The second-order valence-corrected chi connectivity index (χ2v) is 15.5. The van der Waals surface area contributed by atoms with Crippen molar-refractivity contribution >= 4 is 65.1 Å². The average Bonchev–Trinajstić information content (AvgIpc) is 3.73. The maximum absolute atomic E-state index is 13.8. The Bertz CT molecular complexity index is 1610. The molecule has 25 nitrogen and oxygen atoms in total. The molecule has 0 aromatic rings. The van der Waals surface area contributed by atoms with E-state index in [1.807, 2.05) is 0 Å². The first-order chi connectivity index (χ1) is 29.0. The first-order valence-corrected chi connectivity index (χ1v) is 20.5. The fraction of sp³-hybridized carbons (Fsp3) is 0.703. The van der Waals surface area contributed by atoms with Crippen molar-refractivity contribution in [2.75, 3.05) is 19.6 Å². The second-order valence-electron chi connectivity index (χ2n) is 15.5. The Labute approximate surface area is 360 Å². The highest BCUT2D eigenvalue weighted by Crippen LogP contribution is 2.10. The van der Waals surface area contributed by atoms with E-state index in [0.717, 1.165) is 6.42 Å². The summed E-state index contributed by atoms with van der Waals surface area (Å²) < 4.78 is 0. The molecule has 8 amide bonds. The third-order valence-electron chi connectivity index (χ3n) is 9.50. The molecule has 0 saturated carbocycles. The van der Waals surface area contributed by atoms with Gasteiger partial charge in [0.05, 0.1) is 6.04 Å². The van der Waals surface area contributed by atoms with E-state index in [-0.39, 0.29) is 81.8 Å². The fourth-order valence-electron chi connectivity index (χ4n) is 6.05. The lowest BCUT2D eigenvalue weighted by Gasteiger charge is -2.27. The minimum atomic E-state index is -1.47. The number of hydrogen-bond donors (Lipinski definition) is 16. The van der Waals surface area contributed by atoms with Crippen LogP contribution in [0.1, 0.15) is 92.4 Å². The Morgan fingerprint density at radius 3 is 1.47 bits per heavy atom. The average molecular weight is 882 g/mol. The zero-order valence-corrected chi connectivity index (χ0v) is 36.0. The van der Waals surface area contributed by atoms with E-state index in [1.165, 1.54) is 20.8 Å². The predicted molar refractivity (Wildman–Crippen MR) is 225 cm³/mol. The van der Waals surface area contributed by atoms with Gasteiger partial charge in [0.1, 0.15) is 42.3 Å². The summed E-state index contributed by atoms with van der Waals surface area (Å²) in [5.74, 6) is -8.21. The molecule has 350 valence electrons. The van der Waals surface area contributed by atoms with E-state index in [2.05, 4.69) is 53.2 Å². The molecule has 0 aromatic carbocycles. The molecule has 19 N–H and O–H groups in total. The maximum Gasteiger partial charge on any atom is 0.326 e. The Hall–Kier alpha value is -6.27. The Balaban J connectivity index is 3.13. The molecule has 62 heavy (non-hydrogen) atoms. The van der Waals surface area contributed by atoms with Gasteiger partial charge in [-0.05, 0) is 84.6 Å². The summed E-state index contributed by atoms with van der Waals surface area (Å²) in [6, 6.07) is -9.28.